The largest absolute Gasteiger partial charge is 0.351 e. The summed E-state index contributed by atoms with van der Waals surface area (Å²) in [7, 11) is -0.528. The van der Waals surface area contributed by atoms with Gasteiger partial charge in [-0.2, -0.15) is 22.1 Å². The zero-order chi connectivity index (χ0) is 22.2. The van der Waals surface area contributed by atoms with Gasteiger partial charge in [0.15, 0.2) is 0 Å². The molecule has 4 rings (SSSR count). The van der Waals surface area contributed by atoms with Gasteiger partial charge in [0.2, 0.25) is 5.91 Å². The van der Waals surface area contributed by atoms with Crippen LogP contribution >= 0.6 is 11.3 Å². The summed E-state index contributed by atoms with van der Waals surface area (Å²) in [5, 5.41) is 7.15. The van der Waals surface area contributed by atoms with Crippen molar-refractivity contribution >= 4 is 27.5 Å². The number of carbonyl (C=O) groups excluding carboxylic acids is 1. The van der Waals surface area contributed by atoms with Crippen LogP contribution in [0.1, 0.15) is 37.4 Å². The lowest BCUT2D eigenvalue weighted by molar-refractivity contribution is -0.131. The van der Waals surface area contributed by atoms with Crippen LogP contribution in [-0.4, -0.2) is 82.5 Å². The van der Waals surface area contributed by atoms with Gasteiger partial charge in [0.05, 0.1) is 0 Å². The van der Waals surface area contributed by atoms with E-state index < -0.39 is 10.2 Å². The quantitative estimate of drug-likeness (QED) is 0.621. The Morgan fingerprint density at radius 3 is 2.61 bits per heavy atom. The summed E-state index contributed by atoms with van der Waals surface area (Å²) in [6.45, 7) is 2.02. The lowest BCUT2D eigenvalue weighted by atomic mass is 9.99. The molecule has 2 aliphatic rings. The summed E-state index contributed by atoms with van der Waals surface area (Å²) < 4.78 is 30.7. The lowest BCUT2D eigenvalue weighted by Crippen LogP contribution is -2.45. The first-order valence-electron chi connectivity index (χ1n) is 10.5. The van der Waals surface area contributed by atoms with E-state index in [1.54, 1.807) is 9.47 Å². The minimum atomic E-state index is -3.55. The Kier molecular flexibility index (Phi) is 6.33. The van der Waals surface area contributed by atoms with E-state index in [1.165, 1.54) is 38.7 Å². The number of hydrogen-bond acceptors (Lipinski definition) is 6. The Hall–Kier alpha value is -2.02. The van der Waals surface area contributed by atoms with Crippen LogP contribution in [0.5, 0.6) is 0 Å². The topological polar surface area (TPSA) is 101 Å². The van der Waals surface area contributed by atoms with Gasteiger partial charge < -0.3 is 4.90 Å². The third-order valence-corrected chi connectivity index (χ3v) is 8.63. The highest BCUT2D eigenvalue weighted by Crippen LogP contribution is 2.29. The number of carbonyl (C=O) groups is 1. The third kappa shape index (κ3) is 4.34. The fourth-order valence-corrected chi connectivity index (χ4v) is 6.11. The van der Waals surface area contributed by atoms with Crippen molar-refractivity contribution in [3.05, 3.63) is 33.8 Å². The maximum absolute atomic E-state index is 13.2. The van der Waals surface area contributed by atoms with Gasteiger partial charge in [0.1, 0.15) is 17.4 Å². The molecule has 1 unspecified atom stereocenters. The van der Waals surface area contributed by atoms with Crippen molar-refractivity contribution < 1.29 is 13.2 Å². The highest BCUT2D eigenvalue weighted by atomic mass is 32.2. The summed E-state index contributed by atoms with van der Waals surface area (Å²) in [6, 6.07) is 3.69. The minimum absolute atomic E-state index is 0.101. The van der Waals surface area contributed by atoms with E-state index in [0.29, 0.717) is 36.9 Å². The molecule has 1 atom stereocenters. The third-order valence-electron chi connectivity index (χ3n) is 5.87. The normalized spacial score (nSPS) is 20.6. The van der Waals surface area contributed by atoms with Crippen molar-refractivity contribution in [2.24, 2.45) is 0 Å². The van der Waals surface area contributed by atoms with E-state index in [0.717, 1.165) is 19.3 Å². The Balaban J connectivity index is 1.68. The van der Waals surface area contributed by atoms with Crippen molar-refractivity contribution in [1.82, 2.24) is 27.9 Å². The van der Waals surface area contributed by atoms with Gasteiger partial charge in [-0.25, -0.2) is 14.0 Å². The zero-order valence-electron chi connectivity index (χ0n) is 17.8. The van der Waals surface area contributed by atoms with Crippen LogP contribution in [0.4, 0.5) is 0 Å². The molecule has 2 aromatic rings. The number of likely N-dealkylation sites (tertiary alicyclic amines) is 1. The van der Waals surface area contributed by atoms with Gasteiger partial charge >= 0.3 is 5.69 Å². The van der Waals surface area contributed by atoms with Gasteiger partial charge in [-0.3, -0.25) is 4.79 Å². The highest BCUT2D eigenvalue weighted by Gasteiger charge is 2.34. The monoisotopic (exact) mass is 468 g/mol. The van der Waals surface area contributed by atoms with E-state index in [1.807, 2.05) is 17.5 Å². The minimum Gasteiger partial charge on any atom is -0.341 e. The number of rotatable bonds is 6. The Morgan fingerprint density at radius 1 is 1.23 bits per heavy atom. The number of piperidine rings is 1. The first kappa shape index (κ1) is 22.2. The summed E-state index contributed by atoms with van der Waals surface area (Å²) in [5.74, 6) is 0.171. The molecule has 4 heterocycles. The van der Waals surface area contributed by atoms with Crippen molar-refractivity contribution in [3.63, 3.8) is 0 Å². The zero-order valence-corrected chi connectivity index (χ0v) is 19.4. The molecule has 1 amide bonds. The van der Waals surface area contributed by atoms with Gasteiger partial charge in [0, 0.05) is 46.2 Å². The molecule has 2 aromatic heterocycles. The number of amides is 1. The molecule has 170 valence electrons. The number of thiophene rings is 1. The standard InChI is InChI=1S/C19H28N6O4S2/c1-21(2)31(28,29)23-11-5-7-15(13-23)18-20-24(14-16(26)22-9-3-4-10-22)19(27)25(18)17-8-6-12-30-17/h6,8,12,15H,3-5,7,9-11,13-14H2,1-2H3. The second-order valence-electron chi connectivity index (χ2n) is 8.16. The fraction of sp³-hybridized carbons (Fsp3) is 0.632. The Labute approximate surface area is 185 Å². The lowest BCUT2D eigenvalue weighted by Gasteiger charge is -2.32. The van der Waals surface area contributed by atoms with E-state index in [4.69, 9.17) is 0 Å². The smallest absolute Gasteiger partial charge is 0.341 e. The summed E-state index contributed by atoms with van der Waals surface area (Å²) in [6.07, 6.45) is 3.36. The second-order valence-corrected chi connectivity index (χ2v) is 11.2. The predicted molar refractivity (Wildman–Crippen MR) is 118 cm³/mol. The molecule has 2 saturated heterocycles. The molecule has 0 bridgehead atoms. The van der Waals surface area contributed by atoms with Crippen molar-refractivity contribution in [3.8, 4) is 5.00 Å². The Bertz CT molecular complexity index is 1080. The van der Waals surface area contributed by atoms with Gasteiger partial charge in [-0.05, 0) is 43.2 Å². The van der Waals surface area contributed by atoms with Gasteiger partial charge in [-0.1, -0.05) is 0 Å². The van der Waals surface area contributed by atoms with E-state index >= 15 is 0 Å². The van der Waals surface area contributed by atoms with Crippen molar-refractivity contribution in [2.75, 3.05) is 40.3 Å². The molecule has 0 aliphatic carbocycles. The van der Waals surface area contributed by atoms with Crippen LogP contribution in [-0.2, 0) is 21.5 Å². The number of nitrogens with zero attached hydrogens (tertiary/aromatic N) is 6. The number of hydrogen-bond donors (Lipinski definition) is 0. The van der Waals surface area contributed by atoms with Gasteiger partial charge in [-0.15, -0.1) is 11.3 Å². The molecule has 0 aromatic carbocycles. The van der Waals surface area contributed by atoms with Crippen molar-refractivity contribution in [2.45, 2.75) is 38.1 Å². The van der Waals surface area contributed by atoms with E-state index in [2.05, 4.69) is 5.10 Å². The maximum atomic E-state index is 13.2. The second kappa shape index (κ2) is 8.85. The van der Waals surface area contributed by atoms with Crippen LogP contribution in [0.15, 0.2) is 22.3 Å². The molecular formula is C19H28N6O4S2. The molecular weight excluding hydrogens is 440 g/mol. The van der Waals surface area contributed by atoms with Crippen LogP contribution in [0.25, 0.3) is 5.00 Å². The average Bonchev–Trinajstić information content (AvgIpc) is 3.50. The molecule has 0 saturated carbocycles. The van der Waals surface area contributed by atoms with Crippen LogP contribution in [0, 0.1) is 0 Å². The predicted octanol–water partition coefficient (Wildman–Crippen LogP) is 0.704. The first-order chi connectivity index (χ1) is 14.8. The summed E-state index contributed by atoms with van der Waals surface area (Å²) in [5.41, 5.74) is -0.363. The van der Waals surface area contributed by atoms with Crippen LogP contribution in [0.3, 0.4) is 0 Å². The Morgan fingerprint density at radius 2 is 1.97 bits per heavy atom. The van der Waals surface area contributed by atoms with E-state index in [-0.39, 0.29) is 30.6 Å². The molecule has 2 aliphatic heterocycles. The number of aromatic nitrogens is 3. The van der Waals surface area contributed by atoms with Crippen LogP contribution < -0.4 is 5.69 Å². The maximum Gasteiger partial charge on any atom is 0.351 e. The van der Waals surface area contributed by atoms with Crippen LogP contribution in [0.2, 0.25) is 0 Å². The van der Waals surface area contributed by atoms with Crippen molar-refractivity contribution in [1.29, 1.82) is 0 Å². The molecule has 2 fully saturated rings. The fourth-order valence-electron chi connectivity index (χ4n) is 4.18. The summed E-state index contributed by atoms with van der Waals surface area (Å²) >= 11 is 1.41. The molecule has 31 heavy (non-hydrogen) atoms. The van der Waals surface area contributed by atoms with E-state index in [9.17, 15) is 18.0 Å². The molecule has 0 N–H and O–H groups in total. The highest BCUT2D eigenvalue weighted by molar-refractivity contribution is 7.86. The molecule has 0 spiro atoms. The molecule has 0 radical (unpaired) electrons. The first-order valence-corrected chi connectivity index (χ1v) is 12.8. The molecule has 10 nitrogen and oxygen atoms in total. The SMILES string of the molecule is CN(C)S(=O)(=O)N1CCCC(c2nn(CC(=O)N3CCCC3)c(=O)n2-c2cccs2)C1. The summed E-state index contributed by atoms with van der Waals surface area (Å²) in [4.78, 5) is 27.6. The molecule has 12 heteroatoms. The average molecular weight is 469 g/mol. The van der Waals surface area contributed by atoms with Gasteiger partial charge in [0.25, 0.3) is 10.2 Å².